The van der Waals surface area contributed by atoms with E-state index >= 15 is 0 Å². The summed E-state index contributed by atoms with van der Waals surface area (Å²) in [6.07, 6.45) is 1.95. The van der Waals surface area contributed by atoms with E-state index in [9.17, 15) is 0 Å². The molecule has 0 unspecified atom stereocenters. The van der Waals surface area contributed by atoms with Crippen LogP contribution in [0, 0.1) is 25.8 Å². The van der Waals surface area contributed by atoms with Gasteiger partial charge >= 0.3 is 0 Å². The smallest absolute Gasteiger partial charge is 0.196 e. The summed E-state index contributed by atoms with van der Waals surface area (Å²) >= 11 is 0. The standard InChI is InChI=1S/C40H34N3O2.C15H16N.Ir/c1-22(2)30-20-27(26-12-8-7-9-13-26)21-31(23(3)4)36(30)43-34-15-11-10-14-32(34)42-40(43)29-17-16-24(5)35-28-18-19-33-39(44-25(6)41-33)38(28)45-37(29)35;1-15(2,3)13-9-10-14(16-11-13)12-7-5-4-6-8-12;/h7-16,18-23H,1-6H3;4-7,9-11H,1-3H3;/q2*-1;/i5D3,6D3;;. The first-order valence-electron chi connectivity index (χ1n) is 23.7. The Kier molecular flexibility index (Phi) is 9.70. The number of aromatic nitrogens is 4. The molecular weight excluding hydrogens is 941 g/mol. The summed E-state index contributed by atoms with van der Waals surface area (Å²) in [5.74, 6) is 0.382. The molecule has 0 amide bonds. The summed E-state index contributed by atoms with van der Waals surface area (Å²) in [6.45, 7) is 10.2. The number of imidazole rings is 1. The van der Waals surface area contributed by atoms with Crippen molar-refractivity contribution in [2.75, 3.05) is 0 Å². The molecule has 0 aliphatic carbocycles. The molecule has 0 spiro atoms. The summed E-state index contributed by atoms with van der Waals surface area (Å²) in [6, 6.07) is 46.1. The van der Waals surface area contributed by atoms with Crippen molar-refractivity contribution in [3.8, 4) is 39.5 Å². The van der Waals surface area contributed by atoms with Crippen LogP contribution in [-0.4, -0.2) is 19.5 Å². The fourth-order valence-electron chi connectivity index (χ4n) is 8.02. The topological polar surface area (TPSA) is 69.9 Å². The van der Waals surface area contributed by atoms with E-state index in [4.69, 9.17) is 22.0 Å². The van der Waals surface area contributed by atoms with Crippen molar-refractivity contribution in [1.82, 2.24) is 19.5 Å². The fourth-order valence-corrected chi connectivity index (χ4v) is 8.02. The number of rotatable bonds is 6. The summed E-state index contributed by atoms with van der Waals surface area (Å²) in [4.78, 5) is 13.9. The van der Waals surface area contributed by atoms with Crippen LogP contribution in [0.5, 0.6) is 0 Å². The predicted molar refractivity (Wildman–Crippen MR) is 250 cm³/mol. The Hall–Kier alpha value is -6.14. The first-order valence-corrected chi connectivity index (χ1v) is 20.7. The molecule has 0 saturated heterocycles. The third-order valence-corrected chi connectivity index (χ3v) is 11.2. The van der Waals surface area contributed by atoms with Gasteiger partial charge in [0.05, 0.1) is 22.4 Å². The number of furan rings is 1. The van der Waals surface area contributed by atoms with Crippen molar-refractivity contribution in [1.29, 1.82) is 0 Å². The number of aryl methyl sites for hydroxylation is 2. The van der Waals surface area contributed by atoms with Gasteiger partial charge in [0.25, 0.3) is 0 Å². The number of hydrogen-bond donors (Lipinski definition) is 0. The van der Waals surface area contributed by atoms with E-state index in [2.05, 4.69) is 112 Å². The van der Waals surface area contributed by atoms with Crippen molar-refractivity contribution < 1.29 is 37.2 Å². The van der Waals surface area contributed by atoms with E-state index < -0.39 is 19.6 Å². The van der Waals surface area contributed by atoms with E-state index in [1.54, 1.807) is 12.1 Å². The SMILES string of the molecule is CC(C)(C)c1ccc(-c2[c-]cccc2)nc1.[2H]C([2H])([2H])c1nc2ccc3c(oc4c(-c5nc6ccccc6n5-c5c(C(C)C)cc(-c6ccccc6)cc5C(C)C)[c-]cc(C([2H])([2H])[2H])c43)c2o1.[Ir]. The molecule has 0 N–H and O–H groups in total. The molecule has 6 aromatic carbocycles. The van der Waals surface area contributed by atoms with Crippen LogP contribution in [0.1, 0.15) is 96.7 Å². The summed E-state index contributed by atoms with van der Waals surface area (Å²) < 4.78 is 63.4. The van der Waals surface area contributed by atoms with Crippen LogP contribution >= 0.6 is 0 Å². The Morgan fingerprint density at radius 2 is 1.44 bits per heavy atom. The van der Waals surface area contributed by atoms with Gasteiger partial charge in [-0.05, 0) is 87.2 Å². The Balaban J connectivity index is 0.000000312. The first kappa shape index (κ1) is 35.5. The Morgan fingerprint density at radius 3 is 2.10 bits per heavy atom. The van der Waals surface area contributed by atoms with Gasteiger partial charge in [-0.1, -0.05) is 121 Å². The molecule has 0 bridgehead atoms. The van der Waals surface area contributed by atoms with Crippen LogP contribution < -0.4 is 0 Å². The molecule has 4 heterocycles. The minimum absolute atomic E-state index is 0. The van der Waals surface area contributed by atoms with Crippen molar-refractivity contribution >= 4 is 44.1 Å². The molecule has 62 heavy (non-hydrogen) atoms. The molecule has 0 atom stereocenters. The molecule has 0 saturated carbocycles. The number of oxazole rings is 1. The predicted octanol–water partition coefficient (Wildman–Crippen LogP) is 14.9. The van der Waals surface area contributed by atoms with Crippen molar-refractivity contribution in [2.24, 2.45) is 0 Å². The van der Waals surface area contributed by atoms with E-state index in [1.807, 2.05) is 72.9 Å². The van der Waals surface area contributed by atoms with Gasteiger partial charge in [0.15, 0.2) is 17.1 Å². The van der Waals surface area contributed by atoms with E-state index in [0.717, 1.165) is 50.2 Å². The second-order valence-corrected chi connectivity index (χ2v) is 17.1. The maximum Gasteiger partial charge on any atom is 0.196 e. The number of nitrogens with zero attached hydrogens (tertiary/aromatic N) is 4. The summed E-state index contributed by atoms with van der Waals surface area (Å²) in [7, 11) is 0. The van der Waals surface area contributed by atoms with Crippen LogP contribution in [-0.2, 0) is 25.5 Å². The third kappa shape index (κ3) is 7.80. The Morgan fingerprint density at radius 1 is 0.694 bits per heavy atom. The van der Waals surface area contributed by atoms with E-state index in [0.29, 0.717) is 27.7 Å². The molecule has 10 rings (SSSR count). The van der Waals surface area contributed by atoms with Crippen LogP contribution in [0.4, 0.5) is 0 Å². The normalized spacial score (nSPS) is 13.6. The quantitative estimate of drug-likeness (QED) is 0.155. The largest absolute Gasteiger partial charge is 0.497 e. The van der Waals surface area contributed by atoms with Gasteiger partial charge in [0, 0.05) is 52.5 Å². The number of para-hydroxylation sites is 2. The maximum absolute atomic E-state index is 8.44. The van der Waals surface area contributed by atoms with Gasteiger partial charge in [-0.15, -0.1) is 53.6 Å². The molecule has 7 heteroatoms. The summed E-state index contributed by atoms with van der Waals surface area (Å²) in [5, 5.41) is 0.825. The van der Waals surface area contributed by atoms with Gasteiger partial charge in [0.2, 0.25) is 0 Å². The van der Waals surface area contributed by atoms with Gasteiger partial charge in [0.1, 0.15) is 5.52 Å². The average molecular weight is 997 g/mol. The van der Waals surface area contributed by atoms with Gasteiger partial charge in [-0.2, -0.15) is 0 Å². The van der Waals surface area contributed by atoms with Gasteiger partial charge < -0.3 is 18.4 Å². The van der Waals surface area contributed by atoms with Crippen LogP contribution in [0.25, 0.3) is 83.5 Å². The van der Waals surface area contributed by atoms with Crippen molar-refractivity contribution in [2.45, 2.75) is 79.4 Å². The Bertz CT molecular complexity index is 3390. The molecule has 10 aromatic rings. The Labute approximate surface area is 385 Å². The molecule has 6 nitrogen and oxygen atoms in total. The van der Waals surface area contributed by atoms with Crippen molar-refractivity contribution in [3.05, 3.63) is 168 Å². The number of benzene rings is 6. The van der Waals surface area contributed by atoms with E-state index in [-0.39, 0.29) is 59.7 Å². The number of pyridine rings is 1. The summed E-state index contributed by atoms with van der Waals surface area (Å²) in [5.41, 5.74) is 12.0. The first-order chi connectivity index (χ1) is 31.8. The average Bonchev–Trinajstić information content (AvgIpc) is 4.03. The molecule has 0 fully saturated rings. The van der Waals surface area contributed by atoms with Gasteiger partial charge in [-0.25, -0.2) is 4.98 Å². The zero-order valence-electron chi connectivity index (χ0n) is 41.7. The second-order valence-electron chi connectivity index (χ2n) is 17.1. The van der Waals surface area contributed by atoms with Gasteiger partial charge in [-0.3, -0.25) is 4.98 Å². The van der Waals surface area contributed by atoms with Crippen LogP contribution in [0.2, 0.25) is 0 Å². The molecule has 0 aliphatic rings. The van der Waals surface area contributed by atoms with Crippen LogP contribution in [0.3, 0.4) is 0 Å². The van der Waals surface area contributed by atoms with Crippen molar-refractivity contribution in [3.63, 3.8) is 0 Å². The minimum Gasteiger partial charge on any atom is -0.497 e. The molecule has 0 aliphatic heterocycles. The monoisotopic (exact) mass is 997 g/mol. The number of hydrogen-bond acceptors (Lipinski definition) is 5. The molecular formula is C55H50IrN4O2-2. The maximum atomic E-state index is 8.44. The molecule has 1 radical (unpaired) electrons. The fraction of sp³-hybridized carbons (Fsp3) is 0.218. The minimum atomic E-state index is -2.58. The zero-order chi connectivity index (χ0) is 47.6. The second kappa shape index (κ2) is 17.0. The zero-order valence-corrected chi connectivity index (χ0v) is 38.1. The van der Waals surface area contributed by atoms with E-state index in [1.165, 1.54) is 11.6 Å². The molecule has 313 valence electrons. The third-order valence-electron chi connectivity index (χ3n) is 11.2. The number of fused-ring (bicyclic) bond motifs is 6. The molecule has 4 aromatic heterocycles. The van der Waals surface area contributed by atoms with Crippen LogP contribution in [0.15, 0.2) is 136 Å².